The number of allylic oxidation sites excluding steroid dienone is 1. The van der Waals surface area contributed by atoms with Crippen molar-refractivity contribution in [3.63, 3.8) is 0 Å². The molecule has 5 rings (SSSR count). The van der Waals surface area contributed by atoms with E-state index in [0.29, 0.717) is 23.8 Å². The second kappa shape index (κ2) is 8.48. The van der Waals surface area contributed by atoms with Crippen LogP contribution in [0.2, 0.25) is 0 Å². The second-order valence-corrected chi connectivity index (χ2v) is 8.02. The molecule has 3 heterocycles. The summed E-state index contributed by atoms with van der Waals surface area (Å²) in [4.78, 5) is 19.3. The maximum atomic E-state index is 13.0. The zero-order chi connectivity index (χ0) is 22.1. The van der Waals surface area contributed by atoms with Crippen LogP contribution < -0.4 is 14.2 Å². The number of hydrogen-bond acceptors (Lipinski definition) is 6. The van der Waals surface area contributed by atoms with Crippen LogP contribution in [-0.2, 0) is 13.0 Å². The van der Waals surface area contributed by atoms with Gasteiger partial charge in [0, 0.05) is 36.6 Å². The largest absolute Gasteiger partial charge is 0.497 e. The van der Waals surface area contributed by atoms with E-state index in [1.165, 1.54) is 5.56 Å². The first-order chi connectivity index (χ1) is 15.6. The van der Waals surface area contributed by atoms with Crippen LogP contribution in [0.1, 0.15) is 32.6 Å². The first-order valence-electron chi connectivity index (χ1n) is 10.6. The van der Waals surface area contributed by atoms with Gasteiger partial charge >= 0.3 is 0 Å². The molecule has 0 saturated carbocycles. The minimum Gasteiger partial charge on any atom is -0.497 e. The molecule has 0 fully saturated rings. The lowest BCUT2D eigenvalue weighted by molar-refractivity contribution is 0.0954. The number of carbonyl (C=O) groups excluding carboxylic acids is 1. The summed E-state index contributed by atoms with van der Waals surface area (Å²) in [6.07, 6.45) is 6.04. The molecule has 0 spiro atoms. The highest BCUT2D eigenvalue weighted by molar-refractivity contribution is 6.15. The van der Waals surface area contributed by atoms with Crippen LogP contribution >= 0.6 is 0 Å². The fourth-order valence-electron chi connectivity index (χ4n) is 4.13. The van der Waals surface area contributed by atoms with Gasteiger partial charge in [0.2, 0.25) is 5.78 Å². The molecule has 2 aliphatic rings. The third-order valence-electron chi connectivity index (χ3n) is 5.86. The number of methoxy groups -OCH3 is 1. The molecular weight excluding hydrogens is 404 g/mol. The van der Waals surface area contributed by atoms with Gasteiger partial charge in [-0.1, -0.05) is 18.2 Å². The minimum absolute atomic E-state index is 0.106. The van der Waals surface area contributed by atoms with Gasteiger partial charge in [-0.25, -0.2) is 0 Å². The van der Waals surface area contributed by atoms with E-state index in [2.05, 4.69) is 22.0 Å². The Hall–Kier alpha value is -3.64. The Morgan fingerprint density at radius 3 is 2.78 bits per heavy atom. The highest BCUT2D eigenvalue weighted by Gasteiger charge is 2.33. The van der Waals surface area contributed by atoms with Crippen molar-refractivity contribution in [2.45, 2.75) is 19.9 Å². The van der Waals surface area contributed by atoms with Crippen molar-refractivity contribution in [3.05, 3.63) is 88.4 Å². The number of fused-ring (bicyclic) bond motifs is 2. The van der Waals surface area contributed by atoms with Gasteiger partial charge in [0.25, 0.3) is 0 Å². The van der Waals surface area contributed by atoms with Crippen LogP contribution in [0.4, 0.5) is 0 Å². The van der Waals surface area contributed by atoms with E-state index in [0.717, 1.165) is 47.7 Å². The molecule has 0 amide bonds. The van der Waals surface area contributed by atoms with Gasteiger partial charge in [-0.15, -0.1) is 0 Å². The fraction of sp³-hybridized carbons (Fsp3) is 0.231. The van der Waals surface area contributed by atoms with E-state index in [-0.39, 0.29) is 5.78 Å². The van der Waals surface area contributed by atoms with Crippen LogP contribution in [-0.4, -0.2) is 36.1 Å². The lowest BCUT2D eigenvalue weighted by atomic mass is 10.00. The quantitative estimate of drug-likeness (QED) is 0.561. The third kappa shape index (κ3) is 3.85. The summed E-state index contributed by atoms with van der Waals surface area (Å²) in [7, 11) is 1.67. The molecule has 162 valence electrons. The second-order valence-electron chi connectivity index (χ2n) is 8.02. The average Bonchev–Trinajstić information content (AvgIpc) is 3.14. The highest BCUT2D eigenvalue weighted by atomic mass is 16.5. The van der Waals surface area contributed by atoms with Crippen LogP contribution in [0.3, 0.4) is 0 Å². The number of aromatic nitrogens is 1. The van der Waals surface area contributed by atoms with Gasteiger partial charge < -0.3 is 14.2 Å². The van der Waals surface area contributed by atoms with Crippen LogP contribution in [0.5, 0.6) is 17.2 Å². The number of ether oxygens (including phenoxy) is 3. The summed E-state index contributed by atoms with van der Waals surface area (Å²) < 4.78 is 17.3. The monoisotopic (exact) mass is 428 g/mol. The summed E-state index contributed by atoms with van der Waals surface area (Å²) >= 11 is 0. The van der Waals surface area contributed by atoms with Crippen molar-refractivity contribution in [1.82, 2.24) is 9.88 Å². The number of ketones is 1. The number of rotatable bonds is 5. The van der Waals surface area contributed by atoms with Crippen LogP contribution in [0, 0.1) is 6.92 Å². The summed E-state index contributed by atoms with van der Waals surface area (Å²) in [5.74, 6) is 2.48. The Morgan fingerprint density at radius 1 is 1.19 bits per heavy atom. The molecule has 0 N–H and O–H groups in total. The van der Waals surface area contributed by atoms with Gasteiger partial charge in [-0.05, 0) is 54.8 Å². The molecule has 6 nitrogen and oxygen atoms in total. The lowest BCUT2D eigenvalue weighted by Gasteiger charge is -2.30. The molecule has 0 atom stereocenters. The molecular formula is C26H24N2O4. The molecule has 2 aromatic carbocycles. The normalized spacial score (nSPS) is 16.3. The molecule has 3 aromatic rings. The number of Topliss-reactive ketones (excluding diaryl/α,β-unsaturated/α-hetero) is 1. The first-order valence-corrected chi connectivity index (χ1v) is 10.6. The van der Waals surface area contributed by atoms with Crippen LogP contribution in [0.25, 0.3) is 6.08 Å². The lowest BCUT2D eigenvalue weighted by Crippen LogP contribution is -2.34. The van der Waals surface area contributed by atoms with Gasteiger partial charge in [0.05, 0.1) is 12.7 Å². The van der Waals surface area contributed by atoms with Crippen molar-refractivity contribution >= 4 is 11.9 Å². The molecule has 0 bridgehead atoms. The van der Waals surface area contributed by atoms with E-state index in [9.17, 15) is 4.79 Å². The molecule has 0 unspecified atom stereocenters. The molecule has 1 aromatic heterocycles. The Morgan fingerprint density at radius 2 is 2.03 bits per heavy atom. The van der Waals surface area contributed by atoms with Gasteiger partial charge in [0.15, 0.2) is 5.76 Å². The summed E-state index contributed by atoms with van der Waals surface area (Å²) in [6.45, 7) is 4.05. The Balaban J connectivity index is 1.33. The van der Waals surface area contributed by atoms with E-state index in [1.807, 2.05) is 37.3 Å². The van der Waals surface area contributed by atoms with Crippen molar-refractivity contribution in [1.29, 1.82) is 0 Å². The number of hydrogen-bond donors (Lipinski definition) is 0. The maximum Gasteiger partial charge on any atom is 0.231 e. The summed E-state index contributed by atoms with van der Waals surface area (Å²) in [5.41, 5.74) is 4.55. The predicted molar refractivity (Wildman–Crippen MR) is 121 cm³/mol. The zero-order valence-corrected chi connectivity index (χ0v) is 18.1. The molecule has 32 heavy (non-hydrogen) atoms. The van der Waals surface area contributed by atoms with E-state index in [1.54, 1.807) is 25.6 Å². The molecule has 0 saturated heterocycles. The zero-order valence-electron chi connectivity index (χ0n) is 18.1. The van der Waals surface area contributed by atoms with Crippen molar-refractivity contribution in [2.24, 2.45) is 0 Å². The van der Waals surface area contributed by atoms with Crippen molar-refractivity contribution < 1.29 is 19.0 Å². The molecule has 2 aliphatic heterocycles. The SMILES string of the molecule is COc1ccc(CCN2COc3c(cc4c(c3C)O/C(=C\c3cccnc3)C4=O)C2)cc1. The van der Waals surface area contributed by atoms with E-state index < -0.39 is 0 Å². The van der Waals surface area contributed by atoms with Crippen molar-refractivity contribution in [2.75, 3.05) is 20.4 Å². The maximum absolute atomic E-state index is 13.0. The molecule has 0 aliphatic carbocycles. The first kappa shape index (κ1) is 20.3. The minimum atomic E-state index is -0.106. The predicted octanol–water partition coefficient (Wildman–Crippen LogP) is 4.41. The fourth-order valence-corrected chi connectivity index (χ4v) is 4.13. The summed E-state index contributed by atoms with van der Waals surface area (Å²) in [6, 6.07) is 13.8. The number of nitrogens with zero attached hydrogens (tertiary/aromatic N) is 2. The van der Waals surface area contributed by atoms with Crippen LogP contribution in [0.15, 0.2) is 60.6 Å². The van der Waals surface area contributed by atoms with Gasteiger partial charge in [-0.3, -0.25) is 14.7 Å². The summed E-state index contributed by atoms with van der Waals surface area (Å²) in [5, 5.41) is 0. The average molecular weight is 428 g/mol. The topological polar surface area (TPSA) is 60.9 Å². The Bertz CT molecular complexity index is 1190. The highest BCUT2D eigenvalue weighted by Crippen LogP contribution is 2.43. The number of carbonyl (C=O) groups is 1. The smallest absolute Gasteiger partial charge is 0.231 e. The number of benzene rings is 2. The van der Waals surface area contributed by atoms with E-state index in [4.69, 9.17) is 14.2 Å². The van der Waals surface area contributed by atoms with Gasteiger partial charge in [-0.2, -0.15) is 0 Å². The van der Waals surface area contributed by atoms with Crippen molar-refractivity contribution in [3.8, 4) is 17.2 Å². The van der Waals surface area contributed by atoms with E-state index >= 15 is 0 Å². The number of pyridine rings is 1. The standard InChI is InChI=1S/C26H24N2O4/c1-17-25-20(15-28(16-31-25)11-9-18-5-7-21(30-2)8-6-18)13-22-24(29)23(32-26(17)22)12-19-4-3-10-27-14-19/h3-8,10,12-14H,9,11,15-16H2,1-2H3/b23-12-. The third-order valence-corrected chi connectivity index (χ3v) is 5.86. The Labute approximate surface area is 187 Å². The van der Waals surface area contributed by atoms with Gasteiger partial charge in [0.1, 0.15) is 24.0 Å². The molecule has 6 heteroatoms. The molecule has 0 radical (unpaired) electrons. The Kier molecular flexibility index (Phi) is 5.37.